The summed E-state index contributed by atoms with van der Waals surface area (Å²) in [6.45, 7) is 4.32. The van der Waals surface area contributed by atoms with E-state index in [1.165, 1.54) is 24.0 Å². The number of nitrogens with one attached hydrogen (secondary N) is 1. The highest BCUT2D eigenvalue weighted by molar-refractivity contribution is 5.89. The summed E-state index contributed by atoms with van der Waals surface area (Å²) in [4.78, 5) is 32.9. The third kappa shape index (κ3) is 4.91. The van der Waals surface area contributed by atoms with E-state index >= 15 is 0 Å². The monoisotopic (exact) mass is 446 g/mol. The van der Waals surface area contributed by atoms with Crippen molar-refractivity contribution in [3.05, 3.63) is 65.7 Å². The van der Waals surface area contributed by atoms with Gasteiger partial charge in [-0.15, -0.1) is 0 Å². The normalized spacial score (nSPS) is 20.4. The number of urea groups is 1. The van der Waals surface area contributed by atoms with Crippen molar-refractivity contribution in [1.29, 1.82) is 0 Å². The molecule has 2 aromatic carbocycles. The third-order valence-electron chi connectivity index (χ3n) is 7.56. The lowest BCUT2D eigenvalue weighted by Crippen LogP contribution is -2.59. The van der Waals surface area contributed by atoms with Gasteiger partial charge in [0.1, 0.15) is 0 Å². The second-order valence-corrected chi connectivity index (χ2v) is 9.59. The minimum atomic E-state index is -0.0582. The summed E-state index contributed by atoms with van der Waals surface area (Å²) in [5.74, 6) is 0.720. The summed E-state index contributed by atoms with van der Waals surface area (Å²) in [6, 6.07) is 18.0. The Balaban J connectivity index is 1.24. The van der Waals surface area contributed by atoms with Crippen molar-refractivity contribution < 1.29 is 9.59 Å². The highest BCUT2D eigenvalue weighted by atomic mass is 16.2. The Morgan fingerprint density at radius 3 is 2.18 bits per heavy atom. The second-order valence-electron chi connectivity index (χ2n) is 9.59. The fourth-order valence-corrected chi connectivity index (χ4v) is 5.73. The molecule has 2 fully saturated rings. The summed E-state index contributed by atoms with van der Waals surface area (Å²) in [6.07, 6.45) is 5.64. The lowest BCUT2D eigenvalue weighted by molar-refractivity contribution is -0.141. The first-order valence-corrected chi connectivity index (χ1v) is 12.4. The Hall–Kier alpha value is -2.86. The molecule has 174 valence electrons. The van der Waals surface area contributed by atoms with Crippen LogP contribution < -0.4 is 5.32 Å². The standard InChI is InChI=1S/C27H34N4O2/c32-26(31-15-14-21-8-4-7-11-23(21)20-31)25(22-9-5-6-10-22)29-16-18-30(19-17-29)27(33)28-24-12-2-1-3-13-24/h1-4,7-8,11-13,22,25H,5-6,9-10,14-20H2,(H,28,33)/t25-/m1/s1. The number of nitrogens with zero attached hydrogens (tertiary/aromatic N) is 3. The van der Waals surface area contributed by atoms with Gasteiger partial charge < -0.3 is 15.1 Å². The first-order chi connectivity index (χ1) is 16.2. The van der Waals surface area contributed by atoms with E-state index in [1.54, 1.807) is 0 Å². The molecule has 0 unspecified atom stereocenters. The highest BCUT2D eigenvalue weighted by Gasteiger charge is 2.39. The van der Waals surface area contributed by atoms with Crippen molar-refractivity contribution in [2.24, 2.45) is 5.92 Å². The molecule has 2 heterocycles. The van der Waals surface area contributed by atoms with Crippen LogP contribution in [0.5, 0.6) is 0 Å². The second kappa shape index (κ2) is 9.96. The number of anilines is 1. The number of rotatable bonds is 4. The van der Waals surface area contributed by atoms with Crippen LogP contribution in [0.15, 0.2) is 54.6 Å². The van der Waals surface area contributed by atoms with Crippen molar-refractivity contribution in [3.8, 4) is 0 Å². The summed E-state index contributed by atoms with van der Waals surface area (Å²) in [5.41, 5.74) is 3.47. The van der Waals surface area contributed by atoms with Gasteiger partial charge in [0.2, 0.25) is 5.91 Å². The van der Waals surface area contributed by atoms with Gasteiger partial charge in [0, 0.05) is 45.0 Å². The van der Waals surface area contributed by atoms with Gasteiger partial charge in [-0.1, -0.05) is 55.3 Å². The zero-order chi connectivity index (χ0) is 22.6. The van der Waals surface area contributed by atoms with Crippen molar-refractivity contribution >= 4 is 17.6 Å². The Bertz CT molecular complexity index is 965. The van der Waals surface area contributed by atoms with Crippen LogP contribution in [-0.4, -0.2) is 65.4 Å². The van der Waals surface area contributed by atoms with Crippen LogP contribution in [0.4, 0.5) is 10.5 Å². The molecule has 33 heavy (non-hydrogen) atoms. The summed E-state index contributed by atoms with van der Waals surface area (Å²) < 4.78 is 0. The van der Waals surface area contributed by atoms with E-state index in [0.29, 0.717) is 24.9 Å². The topological polar surface area (TPSA) is 55.9 Å². The summed E-state index contributed by atoms with van der Waals surface area (Å²) in [7, 11) is 0. The molecule has 3 aliphatic rings. The third-order valence-corrected chi connectivity index (χ3v) is 7.56. The van der Waals surface area contributed by atoms with Crippen molar-refractivity contribution in [3.63, 3.8) is 0 Å². The van der Waals surface area contributed by atoms with Crippen LogP contribution in [0, 0.1) is 5.92 Å². The maximum absolute atomic E-state index is 13.8. The number of carbonyl (C=O) groups excluding carboxylic acids is 2. The van der Waals surface area contributed by atoms with E-state index in [4.69, 9.17) is 0 Å². The highest BCUT2D eigenvalue weighted by Crippen LogP contribution is 2.33. The first-order valence-electron chi connectivity index (χ1n) is 12.4. The molecule has 1 aliphatic carbocycles. The van der Waals surface area contributed by atoms with Crippen LogP contribution in [0.3, 0.4) is 0 Å². The van der Waals surface area contributed by atoms with Gasteiger partial charge in [-0.2, -0.15) is 0 Å². The van der Waals surface area contributed by atoms with Gasteiger partial charge >= 0.3 is 6.03 Å². The molecular weight excluding hydrogens is 412 g/mol. The summed E-state index contributed by atoms with van der Waals surface area (Å²) >= 11 is 0. The van der Waals surface area contributed by atoms with Gasteiger partial charge in [0.05, 0.1) is 6.04 Å². The predicted molar refractivity (Wildman–Crippen MR) is 130 cm³/mol. The lowest BCUT2D eigenvalue weighted by Gasteiger charge is -2.43. The Morgan fingerprint density at radius 1 is 0.788 bits per heavy atom. The molecule has 1 atom stereocenters. The Labute approximate surface area is 196 Å². The van der Waals surface area contributed by atoms with Crippen LogP contribution >= 0.6 is 0 Å². The van der Waals surface area contributed by atoms with Crippen LogP contribution in [-0.2, 0) is 17.8 Å². The van der Waals surface area contributed by atoms with Crippen molar-refractivity contribution in [2.45, 2.75) is 44.7 Å². The molecule has 1 saturated heterocycles. The van der Waals surface area contributed by atoms with Crippen LogP contribution in [0.25, 0.3) is 0 Å². The van der Waals surface area contributed by atoms with Crippen LogP contribution in [0.2, 0.25) is 0 Å². The predicted octanol–water partition coefficient (Wildman–Crippen LogP) is 3.98. The van der Waals surface area contributed by atoms with E-state index in [-0.39, 0.29) is 12.1 Å². The molecule has 2 aliphatic heterocycles. The smallest absolute Gasteiger partial charge is 0.321 e. The zero-order valence-electron chi connectivity index (χ0n) is 19.3. The van der Waals surface area contributed by atoms with Gasteiger partial charge in [0.25, 0.3) is 0 Å². The SMILES string of the molecule is O=C(Nc1ccccc1)N1CCN([C@@H](C(=O)N2CCc3ccccc3C2)C2CCCC2)CC1. The fraction of sp³-hybridized carbons (Fsp3) is 0.481. The average Bonchev–Trinajstić information content (AvgIpc) is 3.39. The fourth-order valence-electron chi connectivity index (χ4n) is 5.73. The summed E-state index contributed by atoms with van der Waals surface area (Å²) in [5, 5.41) is 2.99. The van der Waals surface area contributed by atoms with Gasteiger partial charge in [-0.25, -0.2) is 4.79 Å². The van der Waals surface area contributed by atoms with E-state index in [0.717, 1.165) is 51.1 Å². The molecule has 0 spiro atoms. The van der Waals surface area contributed by atoms with E-state index < -0.39 is 0 Å². The van der Waals surface area contributed by atoms with Crippen molar-refractivity contribution in [1.82, 2.24) is 14.7 Å². The maximum Gasteiger partial charge on any atom is 0.321 e. The number of carbonyl (C=O) groups is 2. The average molecular weight is 447 g/mol. The number of hydrogen-bond acceptors (Lipinski definition) is 3. The van der Waals surface area contributed by atoms with E-state index in [2.05, 4.69) is 39.4 Å². The van der Waals surface area contributed by atoms with Gasteiger partial charge in [-0.05, 0) is 48.4 Å². The molecule has 1 N–H and O–H groups in total. The molecule has 2 aromatic rings. The molecule has 5 rings (SSSR count). The van der Waals surface area contributed by atoms with Crippen molar-refractivity contribution in [2.75, 3.05) is 38.0 Å². The number of piperazine rings is 1. The first kappa shape index (κ1) is 22.0. The minimum Gasteiger partial charge on any atom is -0.337 e. The van der Waals surface area contributed by atoms with Gasteiger partial charge in [-0.3, -0.25) is 9.69 Å². The molecule has 1 saturated carbocycles. The maximum atomic E-state index is 13.8. The zero-order valence-corrected chi connectivity index (χ0v) is 19.3. The number of hydrogen-bond donors (Lipinski definition) is 1. The Morgan fingerprint density at radius 2 is 1.45 bits per heavy atom. The molecule has 3 amide bonds. The largest absolute Gasteiger partial charge is 0.337 e. The van der Waals surface area contributed by atoms with E-state index in [9.17, 15) is 9.59 Å². The molecule has 0 radical (unpaired) electrons. The molecule has 6 heteroatoms. The van der Waals surface area contributed by atoms with Gasteiger partial charge in [0.15, 0.2) is 0 Å². The molecule has 0 aromatic heterocycles. The quantitative estimate of drug-likeness (QED) is 0.773. The number of amides is 3. The molecule has 6 nitrogen and oxygen atoms in total. The molecule has 0 bridgehead atoms. The number of para-hydroxylation sites is 1. The Kier molecular flexibility index (Phi) is 6.63. The molecular formula is C27H34N4O2. The lowest BCUT2D eigenvalue weighted by atomic mass is 9.92. The number of benzene rings is 2. The minimum absolute atomic E-state index is 0.0581. The number of fused-ring (bicyclic) bond motifs is 1. The van der Waals surface area contributed by atoms with E-state index in [1.807, 2.05) is 35.2 Å². The van der Waals surface area contributed by atoms with Crippen LogP contribution in [0.1, 0.15) is 36.8 Å².